The van der Waals surface area contributed by atoms with Crippen molar-refractivity contribution in [1.82, 2.24) is 0 Å². The molecule has 2 rings (SSSR count). The first kappa shape index (κ1) is 13.3. The molecule has 2 nitrogen and oxygen atoms in total. The third kappa shape index (κ3) is 3.91. The van der Waals surface area contributed by atoms with Crippen LogP contribution in [0.15, 0.2) is 47.6 Å². The molecule has 0 bridgehead atoms. The fourth-order valence-corrected chi connectivity index (χ4v) is 1.71. The van der Waals surface area contributed by atoms with Gasteiger partial charge in [0.15, 0.2) is 0 Å². The Morgan fingerprint density at radius 3 is 2.58 bits per heavy atom. The molecule has 0 unspecified atom stereocenters. The zero-order chi connectivity index (χ0) is 13.7. The highest BCUT2D eigenvalue weighted by Gasteiger charge is 1.98. The summed E-state index contributed by atoms with van der Waals surface area (Å²) in [6.45, 7) is 4.53. The molecule has 0 saturated carbocycles. The van der Waals surface area contributed by atoms with Crippen LogP contribution in [0.1, 0.15) is 22.3 Å². The van der Waals surface area contributed by atoms with Crippen LogP contribution in [-0.4, -0.2) is 6.21 Å². The van der Waals surface area contributed by atoms with Gasteiger partial charge >= 0.3 is 0 Å². The molecule has 0 amide bonds. The first-order valence-electron chi connectivity index (χ1n) is 6.12. The van der Waals surface area contributed by atoms with Crippen molar-refractivity contribution in [2.75, 3.05) is 0 Å². The van der Waals surface area contributed by atoms with Crippen molar-refractivity contribution in [2.24, 2.45) is 5.16 Å². The Hall–Kier alpha value is -2.16. The summed E-state index contributed by atoms with van der Waals surface area (Å²) in [6.07, 6.45) is 1.57. The number of halogens is 1. The Morgan fingerprint density at radius 2 is 1.84 bits per heavy atom. The monoisotopic (exact) mass is 257 g/mol. The van der Waals surface area contributed by atoms with Gasteiger partial charge in [0.05, 0.1) is 6.21 Å². The van der Waals surface area contributed by atoms with E-state index < -0.39 is 0 Å². The van der Waals surface area contributed by atoms with Gasteiger partial charge in [-0.2, -0.15) is 0 Å². The van der Waals surface area contributed by atoms with Gasteiger partial charge in [0, 0.05) is 0 Å². The van der Waals surface area contributed by atoms with Crippen LogP contribution in [0.5, 0.6) is 0 Å². The zero-order valence-corrected chi connectivity index (χ0v) is 11.1. The van der Waals surface area contributed by atoms with E-state index in [1.165, 1.54) is 23.3 Å². The lowest BCUT2D eigenvalue weighted by atomic mass is 10.1. The molecule has 2 aromatic rings. The van der Waals surface area contributed by atoms with Gasteiger partial charge in [0.25, 0.3) is 0 Å². The van der Waals surface area contributed by atoms with Crippen LogP contribution < -0.4 is 0 Å². The SMILES string of the molecule is Cc1ccc(C)c(CO/N=C/c2ccc(F)cc2)c1. The maximum atomic E-state index is 12.7. The molecule has 2 aromatic carbocycles. The number of hydrogen-bond donors (Lipinski definition) is 0. The smallest absolute Gasteiger partial charge is 0.142 e. The Balaban J connectivity index is 1.92. The van der Waals surface area contributed by atoms with E-state index >= 15 is 0 Å². The van der Waals surface area contributed by atoms with Crippen molar-refractivity contribution in [2.45, 2.75) is 20.5 Å². The summed E-state index contributed by atoms with van der Waals surface area (Å²) in [7, 11) is 0. The lowest BCUT2D eigenvalue weighted by Crippen LogP contribution is -1.92. The Kier molecular flexibility index (Phi) is 4.29. The first-order valence-corrected chi connectivity index (χ1v) is 6.12. The lowest BCUT2D eigenvalue weighted by molar-refractivity contribution is 0.131. The quantitative estimate of drug-likeness (QED) is 0.599. The molecular weight excluding hydrogens is 241 g/mol. The first-order chi connectivity index (χ1) is 9.15. The highest BCUT2D eigenvalue weighted by atomic mass is 19.1. The van der Waals surface area contributed by atoms with E-state index in [0.717, 1.165) is 11.1 Å². The normalized spacial score (nSPS) is 10.9. The minimum absolute atomic E-state index is 0.256. The average molecular weight is 257 g/mol. The summed E-state index contributed by atoms with van der Waals surface area (Å²) < 4.78 is 12.7. The molecule has 0 spiro atoms. The van der Waals surface area contributed by atoms with Gasteiger partial charge in [-0.15, -0.1) is 0 Å². The summed E-state index contributed by atoms with van der Waals surface area (Å²) in [5.74, 6) is -0.256. The van der Waals surface area contributed by atoms with E-state index in [0.29, 0.717) is 6.61 Å². The Labute approximate surface area is 112 Å². The van der Waals surface area contributed by atoms with E-state index in [1.54, 1.807) is 18.3 Å². The Bertz CT molecular complexity index is 576. The summed E-state index contributed by atoms with van der Waals surface area (Å²) in [5, 5.41) is 3.89. The van der Waals surface area contributed by atoms with E-state index in [4.69, 9.17) is 4.84 Å². The predicted octanol–water partition coefficient (Wildman–Crippen LogP) is 3.99. The molecule has 0 aliphatic heterocycles. The predicted molar refractivity (Wildman–Crippen MR) is 74.7 cm³/mol. The number of oxime groups is 1. The van der Waals surface area contributed by atoms with Crippen LogP contribution in [0.25, 0.3) is 0 Å². The fourth-order valence-electron chi connectivity index (χ4n) is 1.71. The van der Waals surface area contributed by atoms with Gasteiger partial charge in [-0.25, -0.2) is 4.39 Å². The molecule has 3 heteroatoms. The molecule has 0 radical (unpaired) electrons. The number of hydrogen-bond acceptors (Lipinski definition) is 2. The number of aryl methyl sites for hydroxylation is 2. The van der Waals surface area contributed by atoms with Crippen molar-refractivity contribution in [3.05, 3.63) is 70.5 Å². The Morgan fingerprint density at radius 1 is 1.11 bits per heavy atom. The van der Waals surface area contributed by atoms with Crippen LogP contribution in [0.3, 0.4) is 0 Å². The van der Waals surface area contributed by atoms with E-state index in [2.05, 4.69) is 23.4 Å². The van der Waals surface area contributed by atoms with Gasteiger partial charge in [-0.1, -0.05) is 41.1 Å². The molecule has 0 atom stereocenters. The summed E-state index contributed by atoms with van der Waals surface area (Å²) in [6, 6.07) is 12.3. The maximum Gasteiger partial charge on any atom is 0.142 e. The molecule has 98 valence electrons. The number of benzene rings is 2. The van der Waals surface area contributed by atoms with Crippen molar-refractivity contribution in [3.63, 3.8) is 0 Å². The van der Waals surface area contributed by atoms with Gasteiger partial charge < -0.3 is 4.84 Å². The van der Waals surface area contributed by atoms with Crippen LogP contribution in [-0.2, 0) is 11.4 Å². The third-order valence-corrected chi connectivity index (χ3v) is 2.87. The van der Waals surface area contributed by atoms with Gasteiger partial charge in [0.2, 0.25) is 0 Å². The zero-order valence-electron chi connectivity index (χ0n) is 11.1. The standard InChI is InChI=1S/C16H16FNO/c1-12-3-4-13(2)15(9-12)11-19-18-10-14-5-7-16(17)8-6-14/h3-10H,11H2,1-2H3/b18-10+. The lowest BCUT2D eigenvalue weighted by Gasteiger charge is -2.05. The van der Waals surface area contributed by atoms with Gasteiger partial charge in [0.1, 0.15) is 12.4 Å². The van der Waals surface area contributed by atoms with Crippen LogP contribution >= 0.6 is 0 Å². The fraction of sp³-hybridized carbons (Fsp3) is 0.188. The molecule has 0 heterocycles. The molecule has 0 aliphatic carbocycles. The van der Waals surface area contributed by atoms with Gasteiger partial charge in [-0.05, 0) is 42.7 Å². The summed E-state index contributed by atoms with van der Waals surface area (Å²) >= 11 is 0. The average Bonchev–Trinajstić information content (AvgIpc) is 2.40. The maximum absolute atomic E-state index is 12.7. The van der Waals surface area contributed by atoms with E-state index in [9.17, 15) is 4.39 Å². The molecule has 0 fully saturated rings. The third-order valence-electron chi connectivity index (χ3n) is 2.87. The van der Waals surface area contributed by atoms with E-state index in [-0.39, 0.29) is 5.82 Å². The van der Waals surface area contributed by atoms with Gasteiger partial charge in [-0.3, -0.25) is 0 Å². The van der Waals surface area contributed by atoms with Crippen LogP contribution in [0.4, 0.5) is 4.39 Å². The van der Waals surface area contributed by atoms with Crippen molar-refractivity contribution >= 4 is 6.21 Å². The number of rotatable bonds is 4. The van der Waals surface area contributed by atoms with Crippen molar-refractivity contribution < 1.29 is 9.23 Å². The summed E-state index contributed by atoms with van der Waals surface area (Å²) in [4.78, 5) is 5.27. The van der Waals surface area contributed by atoms with Crippen molar-refractivity contribution in [3.8, 4) is 0 Å². The molecule has 19 heavy (non-hydrogen) atoms. The molecule has 0 aliphatic rings. The van der Waals surface area contributed by atoms with Crippen LogP contribution in [0, 0.1) is 19.7 Å². The minimum Gasteiger partial charge on any atom is -0.391 e. The highest BCUT2D eigenvalue weighted by molar-refractivity contribution is 5.78. The second-order valence-corrected chi connectivity index (χ2v) is 4.49. The van der Waals surface area contributed by atoms with Crippen LogP contribution in [0.2, 0.25) is 0 Å². The second-order valence-electron chi connectivity index (χ2n) is 4.49. The largest absolute Gasteiger partial charge is 0.391 e. The number of nitrogens with zero attached hydrogens (tertiary/aromatic N) is 1. The van der Waals surface area contributed by atoms with E-state index in [1.807, 2.05) is 13.8 Å². The molecule has 0 N–H and O–H groups in total. The second kappa shape index (κ2) is 6.14. The van der Waals surface area contributed by atoms with Crippen molar-refractivity contribution in [1.29, 1.82) is 0 Å². The summed E-state index contributed by atoms with van der Waals surface area (Å²) in [5.41, 5.74) is 4.31. The molecular formula is C16H16FNO. The molecule has 0 saturated heterocycles. The molecule has 0 aromatic heterocycles. The topological polar surface area (TPSA) is 21.6 Å². The highest BCUT2D eigenvalue weighted by Crippen LogP contribution is 2.11. The minimum atomic E-state index is -0.256.